The Morgan fingerprint density at radius 2 is 0.512 bits per heavy atom. The fourth-order valence-corrected chi connectivity index (χ4v) is 16.2. The molecule has 9 atom stereocenters. The zero-order valence-electron chi connectivity index (χ0n) is 33.0. The van der Waals surface area contributed by atoms with Crippen molar-refractivity contribution in [2.45, 2.75) is 199 Å². The molecule has 43 heavy (non-hydrogen) atoms. The molecule has 0 nitrogen and oxygen atoms in total. The maximum Gasteiger partial charge on any atom is -0.0170 e. The maximum atomic E-state index is 2.62. The predicted molar refractivity (Wildman–Crippen MR) is 198 cm³/mol. The Morgan fingerprint density at radius 1 is 0.302 bits per heavy atom. The highest BCUT2D eigenvalue weighted by Crippen LogP contribution is 2.71. The smallest absolute Gasteiger partial charge is 0.0170 e. The molecule has 0 amide bonds. The third-order valence-corrected chi connectivity index (χ3v) is 17.8. The molecule has 1 heteroatoms. The van der Waals surface area contributed by atoms with Gasteiger partial charge in [0.2, 0.25) is 0 Å². The summed E-state index contributed by atoms with van der Waals surface area (Å²) in [5, 5.41) is 0. The van der Waals surface area contributed by atoms with E-state index < -0.39 is 0 Å². The van der Waals surface area contributed by atoms with Crippen molar-refractivity contribution < 1.29 is 0 Å². The maximum absolute atomic E-state index is 2.62. The van der Waals surface area contributed by atoms with Gasteiger partial charge in [0.25, 0.3) is 0 Å². The Morgan fingerprint density at radius 3 is 0.674 bits per heavy atom. The first kappa shape index (κ1) is 37.9. The van der Waals surface area contributed by atoms with Crippen LogP contribution in [0.5, 0.6) is 0 Å². The molecule has 0 aromatic rings. The third kappa shape index (κ3) is 9.07. The van der Waals surface area contributed by atoms with Crippen molar-refractivity contribution in [1.29, 1.82) is 0 Å². The highest BCUT2D eigenvalue weighted by molar-refractivity contribution is 7.60. The minimum atomic E-state index is -0.0906. The molecular formula is C42H81P. The standard InChI is InChI=1S/C42H81P/c1-37(2,3)28-19-22-34(31(25-28)40(10,11)12)43(35-23-20-29(38(4,5)6)26-32(35)41(13,14)15)36-24-21-30(39(7,8)9)27-33(36)42(16,17)18/h28-36H,19-27H2,1-18H3. The van der Waals surface area contributed by atoms with Crippen LogP contribution in [0.1, 0.15) is 182 Å². The summed E-state index contributed by atoms with van der Waals surface area (Å²) in [5.41, 5.74) is 5.25. The molecule has 254 valence electrons. The summed E-state index contributed by atoms with van der Waals surface area (Å²) >= 11 is 0. The van der Waals surface area contributed by atoms with Crippen LogP contribution in [0.15, 0.2) is 0 Å². The van der Waals surface area contributed by atoms with Gasteiger partial charge in [-0.1, -0.05) is 133 Å². The van der Waals surface area contributed by atoms with Gasteiger partial charge in [-0.2, -0.15) is 0 Å². The third-order valence-electron chi connectivity index (χ3n) is 13.6. The second-order valence-corrected chi connectivity index (χ2v) is 25.6. The SMILES string of the molecule is CC(C)(C)C1CCC(P(C2CCC(C(C)(C)C)CC2C(C)(C)C)C2CCC(C(C)(C)C)CC2C(C)(C)C)C(C(C)(C)C)C1. The van der Waals surface area contributed by atoms with Crippen LogP contribution in [0.4, 0.5) is 0 Å². The lowest BCUT2D eigenvalue weighted by Crippen LogP contribution is -2.49. The molecule has 0 heterocycles. The molecule has 3 rings (SSSR count). The Hall–Kier alpha value is 0.430. The molecule has 0 aromatic heterocycles. The van der Waals surface area contributed by atoms with Gasteiger partial charge in [-0.15, -0.1) is 0 Å². The summed E-state index contributed by atoms with van der Waals surface area (Å²) in [7, 11) is -0.0906. The van der Waals surface area contributed by atoms with Crippen LogP contribution in [0.25, 0.3) is 0 Å². The van der Waals surface area contributed by atoms with Gasteiger partial charge in [0.05, 0.1) is 0 Å². The van der Waals surface area contributed by atoms with E-state index in [4.69, 9.17) is 0 Å². The highest BCUT2D eigenvalue weighted by atomic mass is 31.1. The van der Waals surface area contributed by atoms with Crippen molar-refractivity contribution in [2.24, 2.45) is 68.0 Å². The van der Waals surface area contributed by atoms with Gasteiger partial charge in [0.15, 0.2) is 0 Å². The fourth-order valence-electron chi connectivity index (χ4n) is 10.4. The Bertz CT molecular complexity index is 765. The van der Waals surface area contributed by atoms with Crippen molar-refractivity contribution in [3.8, 4) is 0 Å². The van der Waals surface area contributed by atoms with Crippen LogP contribution in [-0.2, 0) is 0 Å². The number of rotatable bonds is 3. The average Bonchev–Trinajstić information content (AvgIpc) is 2.80. The van der Waals surface area contributed by atoms with E-state index in [9.17, 15) is 0 Å². The number of hydrogen-bond acceptors (Lipinski definition) is 0. The molecule has 0 spiro atoms. The van der Waals surface area contributed by atoms with Crippen molar-refractivity contribution in [3.63, 3.8) is 0 Å². The quantitative estimate of drug-likeness (QED) is 0.277. The van der Waals surface area contributed by atoms with Crippen molar-refractivity contribution in [2.75, 3.05) is 0 Å². The first-order valence-corrected chi connectivity index (χ1v) is 20.5. The van der Waals surface area contributed by atoms with E-state index in [0.29, 0.717) is 32.5 Å². The van der Waals surface area contributed by atoms with E-state index in [0.717, 1.165) is 52.5 Å². The molecule has 3 aliphatic carbocycles. The second-order valence-electron chi connectivity index (χ2n) is 22.7. The predicted octanol–water partition coefficient (Wildman–Crippen LogP) is 14.1. The van der Waals surface area contributed by atoms with E-state index in [2.05, 4.69) is 125 Å². The molecule has 3 aliphatic rings. The molecule has 0 aromatic carbocycles. The molecule has 3 saturated carbocycles. The van der Waals surface area contributed by atoms with E-state index in [1.807, 2.05) is 0 Å². The first-order chi connectivity index (χ1) is 19.1. The zero-order chi connectivity index (χ0) is 33.1. The van der Waals surface area contributed by atoms with Crippen LogP contribution in [0.3, 0.4) is 0 Å². The van der Waals surface area contributed by atoms with E-state index in [1.165, 1.54) is 57.8 Å². The van der Waals surface area contributed by atoms with Crippen LogP contribution in [0, 0.1) is 68.0 Å². The summed E-state index contributed by atoms with van der Waals surface area (Å²) in [5.74, 6) is 5.19. The van der Waals surface area contributed by atoms with E-state index in [1.54, 1.807) is 0 Å². The summed E-state index contributed by atoms with van der Waals surface area (Å²) in [4.78, 5) is 0. The Kier molecular flexibility index (Phi) is 11.3. The molecular weight excluding hydrogens is 535 g/mol. The van der Waals surface area contributed by atoms with E-state index >= 15 is 0 Å². The number of hydrogen-bond donors (Lipinski definition) is 0. The Balaban J connectivity index is 2.18. The van der Waals surface area contributed by atoms with Gasteiger partial charge in [0.1, 0.15) is 0 Å². The topological polar surface area (TPSA) is 0 Å². The average molecular weight is 617 g/mol. The second kappa shape index (κ2) is 12.8. The molecule has 0 aliphatic heterocycles. The van der Waals surface area contributed by atoms with Gasteiger partial charge in [-0.3, -0.25) is 0 Å². The normalized spacial score (nSPS) is 36.8. The van der Waals surface area contributed by atoms with Crippen LogP contribution in [0.2, 0.25) is 0 Å². The largest absolute Gasteiger partial charge is 0.0962 e. The van der Waals surface area contributed by atoms with Crippen LogP contribution < -0.4 is 0 Å². The van der Waals surface area contributed by atoms with Crippen molar-refractivity contribution >= 4 is 7.92 Å². The first-order valence-electron chi connectivity index (χ1n) is 18.9. The van der Waals surface area contributed by atoms with Gasteiger partial charge < -0.3 is 0 Å². The zero-order valence-corrected chi connectivity index (χ0v) is 33.9. The van der Waals surface area contributed by atoms with Crippen molar-refractivity contribution in [1.82, 2.24) is 0 Å². The molecule has 3 fully saturated rings. The molecule has 0 N–H and O–H groups in total. The van der Waals surface area contributed by atoms with Gasteiger partial charge in [0, 0.05) is 0 Å². The Labute approximate surface area is 274 Å². The summed E-state index contributed by atoms with van der Waals surface area (Å²) in [6.07, 6.45) is 13.3. The molecule has 0 bridgehead atoms. The lowest BCUT2D eigenvalue weighted by molar-refractivity contribution is 0.0683. The van der Waals surface area contributed by atoms with Gasteiger partial charge >= 0.3 is 0 Å². The van der Waals surface area contributed by atoms with Crippen LogP contribution in [-0.4, -0.2) is 17.0 Å². The summed E-state index contributed by atoms with van der Waals surface area (Å²) < 4.78 is 0. The molecule has 0 radical (unpaired) electrons. The van der Waals surface area contributed by atoms with Crippen molar-refractivity contribution in [3.05, 3.63) is 0 Å². The lowest BCUT2D eigenvalue weighted by atomic mass is 9.62. The fraction of sp³-hybridized carbons (Fsp3) is 1.00. The minimum Gasteiger partial charge on any atom is -0.0962 e. The lowest BCUT2D eigenvalue weighted by Gasteiger charge is -2.60. The van der Waals surface area contributed by atoms with Crippen LogP contribution >= 0.6 is 7.92 Å². The van der Waals surface area contributed by atoms with Gasteiger partial charge in [-0.25, -0.2) is 0 Å². The van der Waals surface area contributed by atoms with E-state index in [-0.39, 0.29) is 7.92 Å². The summed E-state index contributed by atoms with van der Waals surface area (Å²) in [6.45, 7) is 46.4. The monoisotopic (exact) mass is 617 g/mol. The van der Waals surface area contributed by atoms with Gasteiger partial charge in [-0.05, 0) is 143 Å². The highest BCUT2D eigenvalue weighted by Gasteiger charge is 2.55. The molecule has 0 saturated heterocycles. The summed E-state index contributed by atoms with van der Waals surface area (Å²) in [6, 6.07) is 0. The molecule has 9 unspecified atom stereocenters. The minimum absolute atomic E-state index is 0.0906.